The summed E-state index contributed by atoms with van der Waals surface area (Å²) in [5.74, 6) is -1.79. The lowest BCUT2D eigenvalue weighted by atomic mass is 9.89. The number of benzene rings is 1. The molecular weight excluding hydrogens is 389 g/mol. The van der Waals surface area contributed by atoms with Gasteiger partial charge in [0.05, 0.1) is 6.26 Å². The van der Waals surface area contributed by atoms with Gasteiger partial charge in [0.25, 0.3) is 5.60 Å². The van der Waals surface area contributed by atoms with Crippen molar-refractivity contribution in [3.05, 3.63) is 59.0 Å². The van der Waals surface area contributed by atoms with E-state index in [-0.39, 0.29) is 29.9 Å². The van der Waals surface area contributed by atoms with Gasteiger partial charge in [0.1, 0.15) is 6.10 Å². The van der Waals surface area contributed by atoms with Crippen molar-refractivity contribution in [3.63, 3.8) is 0 Å². The topological polar surface area (TPSA) is 65.7 Å². The first-order valence-corrected chi connectivity index (χ1v) is 9.28. The highest BCUT2D eigenvalue weighted by molar-refractivity contribution is 5.96. The SMILES string of the molecule is CCCc1coc2c1[C@@H](OC(=O)[C@](OC)(c1ccccc1)C(F)(F)F)CCC2=O. The van der Waals surface area contributed by atoms with E-state index >= 15 is 0 Å². The molecule has 3 rings (SSSR count). The molecule has 2 aromatic rings. The van der Waals surface area contributed by atoms with E-state index in [2.05, 4.69) is 0 Å². The quantitative estimate of drug-likeness (QED) is 0.634. The molecule has 0 N–H and O–H groups in total. The Labute approximate surface area is 165 Å². The lowest BCUT2D eigenvalue weighted by molar-refractivity contribution is -0.278. The monoisotopic (exact) mass is 410 g/mol. The number of methoxy groups -OCH3 is 1. The highest BCUT2D eigenvalue weighted by atomic mass is 19.4. The number of hydrogen-bond donors (Lipinski definition) is 0. The first kappa shape index (κ1) is 21.1. The first-order chi connectivity index (χ1) is 13.8. The van der Waals surface area contributed by atoms with Crippen molar-refractivity contribution in [2.45, 2.75) is 50.5 Å². The standard InChI is InChI=1S/C21H21F3O5/c1-3-7-13-12-28-18-15(25)10-11-16(17(13)18)29-19(26)20(27-2,21(22,23)24)14-8-5-4-6-9-14/h4-6,8-9,12,16H,3,7,10-11H2,1-2H3/t16-,20+/m0/s1. The van der Waals surface area contributed by atoms with Crippen LogP contribution in [-0.2, 0) is 26.3 Å². The number of esters is 1. The minimum atomic E-state index is -5.06. The summed E-state index contributed by atoms with van der Waals surface area (Å²) in [5, 5.41) is 0. The van der Waals surface area contributed by atoms with Crippen LogP contribution in [0.25, 0.3) is 0 Å². The van der Waals surface area contributed by atoms with Gasteiger partial charge in [0.2, 0.25) is 0 Å². The Balaban J connectivity index is 2.01. The largest absolute Gasteiger partial charge is 0.461 e. The van der Waals surface area contributed by atoms with Crippen LogP contribution in [0.5, 0.6) is 0 Å². The summed E-state index contributed by atoms with van der Waals surface area (Å²) in [4.78, 5) is 25.0. The van der Waals surface area contributed by atoms with Crippen molar-refractivity contribution >= 4 is 11.8 Å². The second-order valence-corrected chi connectivity index (χ2v) is 6.86. The van der Waals surface area contributed by atoms with E-state index in [1.807, 2.05) is 6.92 Å². The molecule has 0 radical (unpaired) electrons. The Morgan fingerprint density at radius 2 is 1.93 bits per heavy atom. The molecule has 156 valence electrons. The van der Waals surface area contributed by atoms with Crippen LogP contribution in [0.3, 0.4) is 0 Å². The van der Waals surface area contributed by atoms with Gasteiger partial charge in [-0.05, 0) is 18.4 Å². The van der Waals surface area contributed by atoms with E-state index in [4.69, 9.17) is 13.9 Å². The van der Waals surface area contributed by atoms with Crippen molar-refractivity contribution in [2.75, 3.05) is 7.11 Å². The Kier molecular flexibility index (Phi) is 5.84. The Bertz CT molecular complexity index is 887. The highest BCUT2D eigenvalue weighted by Crippen LogP contribution is 2.45. The van der Waals surface area contributed by atoms with Gasteiger partial charge < -0.3 is 13.9 Å². The Morgan fingerprint density at radius 3 is 2.52 bits per heavy atom. The maximum absolute atomic E-state index is 14.1. The van der Waals surface area contributed by atoms with Crippen LogP contribution in [0, 0.1) is 0 Å². The molecule has 0 fully saturated rings. The number of halogens is 3. The van der Waals surface area contributed by atoms with Gasteiger partial charge in [-0.3, -0.25) is 4.79 Å². The van der Waals surface area contributed by atoms with Gasteiger partial charge in [-0.15, -0.1) is 0 Å². The zero-order chi connectivity index (χ0) is 21.2. The predicted octanol–water partition coefficient (Wildman–Crippen LogP) is 4.90. The number of carbonyl (C=O) groups excluding carboxylic acids is 2. The molecule has 0 amide bonds. The molecule has 0 saturated carbocycles. The molecule has 5 nitrogen and oxygen atoms in total. The molecule has 0 aliphatic heterocycles. The number of ether oxygens (including phenoxy) is 2. The van der Waals surface area contributed by atoms with E-state index in [1.165, 1.54) is 24.5 Å². The zero-order valence-corrected chi connectivity index (χ0v) is 16.0. The molecule has 8 heteroatoms. The summed E-state index contributed by atoms with van der Waals surface area (Å²) in [7, 11) is 0.817. The third kappa shape index (κ3) is 3.57. The number of alkyl halides is 3. The van der Waals surface area contributed by atoms with Gasteiger partial charge in [0, 0.05) is 24.7 Å². The van der Waals surface area contributed by atoms with Crippen LogP contribution in [0.2, 0.25) is 0 Å². The normalized spacial score (nSPS) is 18.8. The summed E-state index contributed by atoms with van der Waals surface area (Å²) in [6.45, 7) is 1.92. The minimum absolute atomic E-state index is 0.0152. The Morgan fingerprint density at radius 1 is 1.24 bits per heavy atom. The minimum Gasteiger partial charge on any atom is -0.461 e. The van der Waals surface area contributed by atoms with Gasteiger partial charge in [-0.1, -0.05) is 43.7 Å². The van der Waals surface area contributed by atoms with Gasteiger partial charge >= 0.3 is 12.1 Å². The van der Waals surface area contributed by atoms with Gasteiger partial charge in [0.15, 0.2) is 11.5 Å². The lowest BCUT2D eigenvalue weighted by Crippen LogP contribution is -2.52. The van der Waals surface area contributed by atoms with E-state index in [0.29, 0.717) is 17.5 Å². The fraction of sp³-hybridized carbons (Fsp3) is 0.429. The molecule has 1 aliphatic carbocycles. The number of ketones is 1. The van der Waals surface area contributed by atoms with Crippen LogP contribution >= 0.6 is 0 Å². The molecule has 1 aromatic heterocycles. The average molecular weight is 410 g/mol. The van der Waals surface area contributed by atoms with E-state index in [0.717, 1.165) is 25.7 Å². The fourth-order valence-corrected chi connectivity index (χ4v) is 3.67. The van der Waals surface area contributed by atoms with Crippen molar-refractivity contribution < 1.29 is 36.7 Å². The summed E-state index contributed by atoms with van der Waals surface area (Å²) < 4.78 is 57.7. The van der Waals surface area contributed by atoms with Crippen LogP contribution < -0.4 is 0 Å². The molecule has 0 unspecified atom stereocenters. The number of Topliss-reactive ketones (excluding diaryl/α,β-unsaturated/α-hetero) is 1. The lowest BCUT2D eigenvalue weighted by Gasteiger charge is -2.34. The highest BCUT2D eigenvalue weighted by Gasteiger charge is 2.64. The van der Waals surface area contributed by atoms with Gasteiger partial charge in [-0.2, -0.15) is 13.2 Å². The second-order valence-electron chi connectivity index (χ2n) is 6.86. The van der Waals surface area contributed by atoms with E-state index in [9.17, 15) is 22.8 Å². The van der Waals surface area contributed by atoms with Crippen LogP contribution in [0.1, 0.15) is 59.5 Å². The van der Waals surface area contributed by atoms with Crippen molar-refractivity contribution in [2.24, 2.45) is 0 Å². The smallest absolute Gasteiger partial charge is 0.432 e. The van der Waals surface area contributed by atoms with Crippen LogP contribution in [-0.4, -0.2) is 25.0 Å². The molecule has 0 saturated heterocycles. The number of carbonyl (C=O) groups is 2. The number of hydrogen-bond acceptors (Lipinski definition) is 5. The summed E-state index contributed by atoms with van der Waals surface area (Å²) in [6, 6.07) is 6.62. The molecule has 0 bridgehead atoms. The molecular formula is C21H21F3O5. The molecule has 1 aliphatic rings. The van der Waals surface area contributed by atoms with E-state index < -0.39 is 23.9 Å². The number of aryl methyl sites for hydroxylation is 1. The summed E-state index contributed by atoms with van der Waals surface area (Å²) in [6.07, 6.45) is -3.29. The molecule has 0 spiro atoms. The van der Waals surface area contributed by atoms with Crippen molar-refractivity contribution in [3.8, 4) is 0 Å². The summed E-state index contributed by atoms with van der Waals surface area (Å²) in [5.41, 5.74) is -2.64. The predicted molar refractivity (Wildman–Crippen MR) is 96.3 cm³/mol. The molecule has 29 heavy (non-hydrogen) atoms. The summed E-state index contributed by atoms with van der Waals surface area (Å²) >= 11 is 0. The number of furan rings is 1. The Hall–Kier alpha value is -2.61. The number of rotatable bonds is 6. The first-order valence-electron chi connectivity index (χ1n) is 9.28. The molecule has 2 atom stereocenters. The zero-order valence-electron chi connectivity index (χ0n) is 16.0. The fourth-order valence-electron chi connectivity index (χ4n) is 3.67. The second kappa shape index (κ2) is 8.02. The third-order valence-electron chi connectivity index (χ3n) is 5.06. The van der Waals surface area contributed by atoms with E-state index in [1.54, 1.807) is 0 Å². The third-order valence-corrected chi connectivity index (χ3v) is 5.06. The molecule has 1 heterocycles. The number of fused-ring (bicyclic) bond motifs is 1. The maximum Gasteiger partial charge on any atom is 0.432 e. The van der Waals surface area contributed by atoms with Gasteiger partial charge in [-0.25, -0.2) is 4.79 Å². The van der Waals surface area contributed by atoms with Crippen molar-refractivity contribution in [1.29, 1.82) is 0 Å². The van der Waals surface area contributed by atoms with Crippen molar-refractivity contribution in [1.82, 2.24) is 0 Å². The maximum atomic E-state index is 14.1. The average Bonchev–Trinajstić information content (AvgIpc) is 3.10. The molecule has 1 aromatic carbocycles. The van der Waals surface area contributed by atoms with Crippen LogP contribution in [0.4, 0.5) is 13.2 Å². The van der Waals surface area contributed by atoms with Crippen LogP contribution in [0.15, 0.2) is 41.0 Å².